The van der Waals surface area contributed by atoms with Gasteiger partial charge in [-0.1, -0.05) is 42.5 Å². The van der Waals surface area contributed by atoms with E-state index >= 15 is 0 Å². The molecule has 8 heteroatoms. The second kappa shape index (κ2) is 9.15. The van der Waals surface area contributed by atoms with Crippen molar-refractivity contribution in [1.29, 1.82) is 0 Å². The Labute approximate surface area is 200 Å². The van der Waals surface area contributed by atoms with E-state index in [4.69, 9.17) is 4.42 Å². The fourth-order valence-electron chi connectivity index (χ4n) is 4.38. The summed E-state index contributed by atoms with van der Waals surface area (Å²) in [6, 6.07) is 19.0. The lowest BCUT2D eigenvalue weighted by atomic mass is 10.0. The molecule has 0 saturated carbocycles. The van der Waals surface area contributed by atoms with Crippen LogP contribution in [0, 0.1) is 0 Å². The zero-order valence-corrected chi connectivity index (χ0v) is 18.8. The van der Waals surface area contributed by atoms with Gasteiger partial charge < -0.3 is 24.6 Å². The van der Waals surface area contributed by atoms with Crippen LogP contribution in [0.5, 0.6) is 17.2 Å². The van der Waals surface area contributed by atoms with Crippen molar-refractivity contribution in [2.45, 2.75) is 6.54 Å². The second-order valence-electron chi connectivity index (χ2n) is 8.55. The van der Waals surface area contributed by atoms with Gasteiger partial charge in [0.05, 0.1) is 5.39 Å². The van der Waals surface area contributed by atoms with E-state index in [1.54, 1.807) is 29.2 Å². The molecule has 0 atom stereocenters. The molecule has 35 heavy (non-hydrogen) atoms. The minimum Gasteiger partial charge on any atom is -0.504 e. The fourth-order valence-corrected chi connectivity index (χ4v) is 4.38. The molecule has 0 bridgehead atoms. The summed E-state index contributed by atoms with van der Waals surface area (Å²) < 4.78 is 5.96. The summed E-state index contributed by atoms with van der Waals surface area (Å²) in [4.78, 5) is 31.0. The van der Waals surface area contributed by atoms with Gasteiger partial charge in [-0.25, -0.2) is 0 Å². The SMILES string of the molecule is O=C(c1c(-c2cc(O)c(O)c(O)c2)oc2ccccc2c1=O)N1CCN(Cc2ccccc2)CC1. The number of amides is 1. The Morgan fingerprint density at radius 1 is 0.857 bits per heavy atom. The van der Waals surface area contributed by atoms with E-state index in [2.05, 4.69) is 17.0 Å². The molecular weight excluding hydrogens is 448 g/mol. The van der Waals surface area contributed by atoms with Gasteiger partial charge in [0.1, 0.15) is 11.1 Å². The highest BCUT2D eigenvalue weighted by Gasteiger charge is 2.29. The van der Waals surface area contributed by atoms with Crippen LogP contribution >= 0.6 is 0 Å². The van der Waals surface area contributed by atoms with Gasteiger partial charge in [-0.15, -0.1) is 0 Å². The van der Waals surface area contributed by atoms with Crippen LogP contribution in [-0.2, 0) is 6.54 Å². The Hall–Kier alpha value is -4.30. The number of para-hydroxylation sites is 1. The molecule has 178 valence electrons. The number of piperazine rings is 1. The molecule has 0 spiro atoms. The van der Waals surface area contributed by atoms with E-state index < -0.39 is 28.6 Å². The van der Waals surface area contributed by atoms with Gasteiger partial charge in [0, 0.05) is 38.3 Å². The molecule has 1 saturated heterocycles. The van der Waals surface area contributed by atoms with Gasteiger partial charge in [-0.3, -0.25) is 14.5 Å². The van der Waals surface area contributed by atoms with Crippen molar-refractivity contribution in [3.63, 3.8) is 0 Å². The normalized spacial score (nSPS) is 14.3. The number of rotatable bonds is 4. The molecule has 0 aliphatic carbocycles. The van der Waals surface area contributed by atoms with Crippen molar-refractivity contribution in [2.24, 2.45) is 0 Å². The lowest BCUT2D eigenvalue weighted by Crippen LogP contribution is -2.49. The van der Waals surface area contributed by atoms with Crippen molar-refractivity contribution in [1.82, 2.24) is 9.80 Å². The zero-order valence-electron chi connectivity index (χ0n) is 18.8. The smallest absolute Gasteiger partial charge is 0.261 e. The highest BCUT2D eigenvalue weighted by molar-refractivity contribution is 6.02. The first-order valence-electron chi connectivity index (χ1n) is 11.3. The molecule has 1 amide bonds. The summed E-state index contributed by atoms with van der Waals surface area (Å²) in [5.74, 6) is -2.44. The van der Waals surface area contributed by atoms with Crippen molar-refractivity contribution >= 4 is 16.9 Å². The molecule has 1 aromatic heterocycles. The van der Waals surface area contributed by atoms with E-state index in [0.717, 1.165) is 18.7 Å². The molecule has 2 heterocycles. The standard InChI is InChI=1S/C27H24N2O6/c30-20-14-18(15-21(31)25(20)33)26-23(24(32)19-8-4-5-9-22(19)35-26)27(34)29-12-10-28(11-13-29)16-17-6-2-1-3-7-17/h1-9,14-15,30-31,33H,10-13,16H2. The third-order valence-corrected chi connectivity index (χ3v) is 6.25. The molecular formula is C27H24N2O6. The number of carbonyl (C=O) groups is 1. The Morgan fingerprint density at radius 2 is 1.49 bits per heavy atom. The van der Waals surface area contributed by atoms with Crippen LogP contribution in [0.1, 0.15) is 15.9 Å². The molecule has 3 N–H and O–H groups in total. The number of nitrogens with zero attached hydrogens (tertiary/aromatic N) is 2. The Balaban J connectivity index is 1.50. The number of hydrogen-bond acceptors (Lipinski definition) is 7. The number of phenols is 3. The first-order chi connectivity index (χ1) is 16.9. The van der Waals surface area contributed by atoms with Gasteiger partial charge in [0.15, 0.2) is 23.0 Å². The van der Waals surface area contributed by atoms with E-state index in [-0.39, 0.29) is 27.9 Å². The number of benzene rings is 3. The quantitative estimate of drug-likeness (QED) is 0.389. The minimum absolute atomic E-state index is 0.0731. The lowest BCUT2D eigenvalue weighted by Gasteiger charge is -2.34. The predicted molar refractivity (Wildman–Crippen MR) is 131 cm³/mol. The maximum atomic E-state index is 13.6. The molecule has 0 unspecified atom stereocenters. The molecule has 0 radical (unpaired) electrons. The predicted octanol–water partition coefficient (Wildman–Crippen LogP) is 3.53. The van der Waals surface area contributed by atoms with Crippen molar-refractivity contribution in [3.8, 4) is 28.6 Å². The number of aromatic hydroxyl groups is 3. The highest BCUT2D eigenvalue weighted by Crippen LogP contribution is 2.40. The molecule has 4 aromatic rings. The molecule has 1 aliphatic rings. The van der Waals surface area contributed by atoms with Crippen molar-refractivity contribution < 1.29 is 24.5 Å². The van der Waals surface area contributed by atoms with Gasteiger partial charge >= 0.3 is 0 Å². The van der Waals surface area contributed by atoms with Gasteiger partial charge in [-0.2, -0.15) is 0 Å². The van der Waals surface area contributed by atoms with E-state index in [1.807, 2.05) is 18.2 Å². The zero-order chi connectivity index (χ0) is 24.5. The van der Waals surface area contributed by atoms with Crippen LogP contribution in [0.2, 0.25) is 0 Å². The van der Waals surface area contributed by atoms with Gasteiger partial charge in [0.25, 0.3) is 5.91 Å². The minimum atomic E-state index is -0.695. The van der Waals surface area contributed by atoms with Crippen LogP contribution in [0.4, 0.5) is 0 Å². The Kier molecular flexibility index (Phi) is 5.88. The summed E-state index contributed by atoms with van der Waals surface area (Å²) in [7, 11) is 0. The maximum absolute atomic E-state index is 13.6. The summed E-state index contributed by atoms with van der Waals surface area (Å²) >= 11 is 0. The summed E-state index contributed by atoms with van der Waals surface area (Å²) in [6.45, 7) is 2.94. The lowest BCUT2D eigenvalue weighted by molar-refractivity contribution is 0.0626. The maximum Gasteiger partial charge on any atom is 0.261 e. The van der Waals surface area contributed by atoms with Crippen molar-refractivity contribution in [3.05, 3.63) is 88.1 Å². The Morgan fingerprint density at radius 3 is 2.17 bits per heavy atom. The summed E-state index contributed by atoms with van der Waals surface area (Å²) in [5, 5.41) is 30.0. The van der Waals surface area contributed by atoms with E-state index in [0.29, 0.717) is 26.2 Å². The van der Waals surface area contributed by atoms with Crippen LogP contribution in [0.25, 0.3) is 22.3 Å². The van der Waals surface area contributed by atoms with Gasteiger partial charge in [0.2, 0.25) is 5.43 Å². The number of phenolic OH excluding ortho intramolecular Hbond substituents is 3. The fraction of sp³-hybridized carbons (Fsp3) is 0.185. The van der Waals surface area contributed by atoms with Crippen LogP contribution in [0.3, 0.4) is 0 Å². The van der Waals surface area contributed by atoms with E-state index in [9.17, 15) is 24.9 Å². The largest absolute Gasteiger partial charge is 0.504 e. The van der Waals surface area contributed by atoms with Crippen molar-refractivity contribution in [2.75, 3.05) is 26.2 Å². The number of carbonyl (C=O) groups excluding carboxylic acids is 1. The molecule has 8 nitrogen and oxygen atoms in total. The third kappa shape index (κ3) is 4.31. The molecule has 3 aromatic carbocycles. The van der Waals surface area contributed by atoms with Crippen LogP contribution in [-0.4, -0.2) is 57.2 Å². The monoisotopic (exact) mass is 472 g/mol. The topological polar surface area (TPSA) is 114 Å². The Bertz CT molecular complexity index is 1430. The highest BCUT2D eigenvalue weighted by atomic mass is 16.3. The molecule has 1 fully saturated rings. The average molecular weight is 472 g/mol. The average Bonchev–Trinajstić information content (AvgIpc) is 2.87. The first-order valence-corrected chi connectivity index (χ1v) is 11.3. The number of hydrogen-bond donors (Lipinski definition) is 3. The third-order valence-electron chi connectivity index (χ3n) is 6.25. The first kappa shape index (κ1) is 22.5. The van der Waals surface area contributed by atoms with Crippen LogP contribution in [0.15, 0.2) is 75.9 Å². The molecule has 5 rings (SSSR count). The number of fused-ring (bicyclic) bond motifs is 1. The van der Waals surface area contributed by atoms with Crippen LogP contribution < -0.4 is 5.43 Å². The summed E-state index contributed by atoms with van der Waals surface area (Å²) in [6.07, 6.45) is 0. The van der Waals surface area contributed by atoms with Gasteiger partial charge in [-0.05, 0) is 29.8 Å². The van der Waals surface area contributed by atoms with E-state index in [1.165, 1.54) is 5.56 Å². The second-order valence-corrected chi connectivity index (χ2v) is 8.55. The summed E-state index contributed by atoms with van der Waals surface area (Å²) in [5.41, 5.74) is 0.891. The molecule has 1 aliphatic heterocycles.